The fraction of sp³-hybridized carbons (Fsp3) is 0.250. The number of aromatic nitrogens is 2. The number of benzene rings is 2. The lowest BCUT2D eigenvalue weighted by molar-refractivity contribution is 0.0937. The van der Waals surface area contributed by atoms with Crippen LogP contribution in [0.25, 0.3) is 0 Å². The molecule has 0 bridgehead atoms. The number of nitrogens with one attached hydrogen (secondary N) is 3. The summed E-state index contributed by atoms with van der Waals surface area (Å²) in [6.45, 7) is 2.62. The molecule has 0 spiro atoms. The number of ether oxygens (including phenoxy) is 1. The van der Waals surface area contributed by atoms with Gasteiger partial charge in [-0.2, -0.15) is 0 Å². The monoisotopic (exact) mass is 446 g/mol. The van der Waals surface area contributed by atoms with Gasteiger partial charge in [-0.25, -0.2) is 9.78 Å². The van der Waals surface area contributed by atoms with Crippen molar-refractivity contribution in [2.75, 3.05) is 30.8 Å². The van der Waals surface area contributed by atoms with Gasteiger partial charge >= 0.3 is 6.03 Å². The molecule has 0 unspecified atom stereocenters. The number of amides is 3. The average molecular weight is 447 g/mol. The van der Waals surface area contributed by atoms with Gasteiger partial charge in [-0.3, -0.25) is 20.0 Å². The number of carbonyl (C=O) groups excluding carboxylic acids is 2. The molecule has 1 aliphatic rings. The second-order valence-electron chi connectivity index (χ2n) is 7.76. The molecule has 2 aromatic carbocycles. The molecule has 9 nitrogen and oxygen atoms in total. The summed E-state index contributed by atoms with van der Waals surface area (Å²) in [5.41, 5.74) is 2.17. The van der Waals surface area contributed by atoms with Crippen molar-refractivity contribution in [3.05, 3.63) is 78.2 Å². The highest BCUT2D eigenvalue weighted by Gasteiger charge is 2.24. The van der Waals surface area contributed by atoms with Crippen LogP contribution in [0.1, 0.15) is 22.3 Å². The van der Waals surface area contributed by atoms with Gasteiger partial charge in [-0.15, -0.1) is 0 Å². The predicted octanol–water partition coefficient (Wildman–Crippen LogP) is 3.13. The minimum Gasteiger partial charge on any atom is -0.495 e. The second kappa shape index (κ2) is 10.6. The van der Waals surface area contributed by atoms with Crippen LogP contribution in [0.15, 0.2) is 67.1 Å². The van der Waals surface area contributed by atoms with E-state index in [0.717, 1.165) is 26.1 Å². The Bertz CT molecular complexity index is 1090. The van der Waals surface area contributed by atoms with Crippen LogP contribution in [0, 0.1) is 0 Å². The Morgan fingerprint density at radius 3 is 2.73 bits per heavy atom. The lowest BCUT2D eigenvalue weighted by atomic mass is 10.1. The van der Waals surface area contributed by atoms with E-state index in [1.54, 1.807) is 18.2 Å². The van der Waals surface area contributed by atoms with Gasteiger partial charge < -0.3 is 15.4 Å². The van der Waals surface area contributed by atoms with Crippen LogP contribution >= 0.6 is 0 Å². The molecule has 2 heterocycles. The van der Waals surface area contributed by atoms with E-state index in [0.29, 0.717) is 22.8 Å². The first-order valence-corrected chi connectivity index (χ1v) is 10.7. The molecule has 1 aliphatic heterocycles. The summed E-state index contributed by atoms with van der Waals surface area (Å²) < 4.78 is 5.38. The minimum atomic E-state index is -0.490. The summed E-state index contributed by atoms with van der Waals surface area (Å²) >= 11 is 0. The Hall–Kier alpha value is -3.98. The minimum absolute atomic E-state index is 0.0859. The third-order valence-electron chi connectivity index (χ3n) is 5.37. The lowest BCUT2D eigenvalue weighted by Gasteiger charge is -2.17. The average Bonchev–Trinajstić information content (AvgIpc) is 3.27. The molecule has 3 aromatic rings. The number of hydrogen-bond donors (Lipinski definition) is 3. The fourth-order valence-corrected chi connectivity index (χ4v) is 3.77. The summed E-state index contributed by atoms with van der Waals surface area (Å²) in [5, 5.41) is 8.39. The molecule has 9 heteroatoms. The summed E-state index contributed by atoms with van der Waals surface area (Å²) in [6, 6.07) is 14.8. The molecular formula is C24H26N6O3. The number of nitrogens with zero attached hydrogens (tertiary/aromatic N) is 3. The Morgan fingerprint density at radius 2 is 1.97 bits per heavy atom. The number of rotatable bonds is 7. The first kappa shape index (κ1) is 22.2. The summed E-state index contributed by atoms with van der Waals surface area (Å²) in [6.07, 6.45) is 5.34. The molecule has 0 saturated carbocycles. The van der Waals surface area contributed by atoms with Crippen molar-refractivity contribution >= 4 is 23.4 Å². The zero-order chi connectivity index (χ0) is 23.0. The Balaban J connectivity index is 1.33. The molecule has 3 amide bonds. The maximum atomic E-state index is 12.8. The Morgan fingerprint density at radius 1 is 1.12 bits per heavy atom. The zero-order valence-electron chi connectivity index (χ0n) is 18.3. The molecule has 33 heavy (non-hydrogen) atoms. The van der Waals surface area contributed by atoms with Crippen molar-refractivity contribution in [1.29, 1.82) is 0 Å². The Kier molecular flexibility index (Phi) is 7.11. The van der Waals surface area contributed by atoms with Crippen LogP contribution in [0.2, 0.25) is 0 Å². The highest BCUT2D eigenvalue weighted by molar-refractivity contribution is 6.01. The van der Waals surface area contributed by atoms with Crippen LogP contribution in [0.3, 0.4) is 0 Å². The first-order valence-electron chi connectivity index (χ1n) is 10.7. The summed E-state index contributed by atoms with van der Waals surface area (Å²) in [7, 11) is 1.49. The van der Waals surface area contributed by atoms with Crippen molar-refractivity contribution in [3.63, 3.8) is 0 Å². The maximum absolute atomic E-state index is 12.8. The van der Waals surface area contributed by atoms with E-state index in [1.165, 1.54) is 31.3 Å². The van der Waals surface area contributed by atoms with E-state index < -0.39 is 6.03 Å². The SMILES string of the molecule is COc1cc(C(=O)N[C@@H]2CCN(Cc3ccccc3)C2)ccc1NC(=O)Nc1cnccn1. The van der Waals surface area contributed by atoms with E-state index in [2.05, 4.69) is 43.0 Å². The molecular weight excluding hydrogens is 420 g/mol. The van der Waals surface area contributed by atoms with Gasteiger partial charge in [0.15, 0.2) is 5.82 Å². The highest BCUT2D eigenvalue weighted by Crippen LogP contribution is 2.26. The molecule has 1 fully saturated rings. The van der Waals surface area contributed by atoms with E-state index in [1.807, 2.05) is 18.2 Å². The van der Waals surface area contributed by atoms with Gasteiger partial charge in [-0.05, 0) is 30.2 Å². The van der Waals surface area contributed by atoms with Crippen molar-refractivity contribution < 1.29 is 14.3 Å². The second-order valence-corrected chi connectivity index (χ2v) is 7.76. The van der Waals surface area contributed by atoms with Gasteiger partial charge in [-0.1, -0.05) is 30.3 Å². The van der Waals surface area contributed by atoms with Crippen LogP contribution < -0.4 is 20.7 Å². The van der Waals surface area contributed by atoms with Crippen LogP contribution in [-0.4, -0.2) is 53.0 Å². The molecule has 170 valence electrons. The van der Waals surface area contributed by atoms with E-state index >= 15 is 0 Å². The van der Waals surface area contributed by atoms with Gasteiger partial charge in [0.25, 0.3) is 5.91 Å². The highest BCUT2D eigenvalue weighted by atomic mass is 16.5. The van der Waals surface area contributed by atoms with E-state index in [4.69, 9.17) is 4.74 Å². The van der Waals surface area contributed by atoms with E-state index in [9.17, 15) is 9.59 Å². The van der Waals surface area contributed by atoms with E-state index in [-0.39, 0.29) is 11.9 Å². The summed E-state index contributed by atoms with van der Waals surface area (Å²) in [5.74, 6) is 0.535. The molecule has 4 rings (SSSR count). The standard InChI is InChI=1S/C24H26N6O3/c1-33-21-13-18(7-8-20(21)28-24(32)29-22-14-25-10-11-26-22)23(31)27-19-9-12-30(16-19)15-17-5-3-2-4-6-17/h2-8,10-11,13-14,19H,9,12,15-16H2,1H3,(H,27,31)(H2,26,28,29,32)/t19-/m1/s1. The van der Waals surface area contributed by atoms with Gasteiger partial charge in [0, 0.05) is 43.6 Å². The molecule has 1 saturated heterocycles. The van der Waals surface area contributed by atoms with Crippen molar-refractivity contribution in [1.82, 2.24) is 20.2 Å². The fourth-order valence-electron chi connectivity index (χ4n) is 3.77. The predicted molar refractivity (Wildman–Crippen MR) is 125 cm³/mol. The lowest BCUT2D eigenvalue weighted by Crippen LogP contribution is -2.37. The quantitative estimate of drug-likeness (QED) is 0.515. The largest absolute Gasteiger partial charge is 0.495 e. The van der Waals surface area contributed by atoms with Gasteiger partial charge in [0.2, 0.25) is 0 Å². The normalized spacial score (nSPS) is 15.6. The molecule has 1 aromatic heterocycles. The smallest absolute Gasteiger partial charge is 0.324 e. The van der Waals surface area contributed by atoms with Crippen LogP contribution in [0.5, 0.6) is 5.75 Å². The zero-order valence-corrected chi connectivity index (χ0v) is 18.3. The molecule has 1 atom stereocenters. The third-order valence-corrected chi connectivity index (χ3v) is 5.37. The number of anilines is 2. The van der Waals surface area contributed by atoms with Gasteiger partial charge in [0.1, 0.15) is 5.75 Å². The first-order chi connectivity index (χ1) is 16.1. The third kappa shape index (κ3) is 6.05. The van der Waals surface area contributed by atoms with Gasteiger partial charge in [0.05, 0.1) is 19.0 Å². The topological polar surface area (TPSA) is 108 Å². The maximum Gasteiger partial charge on any atom is 0.324 e. The number of methoxy groups -OCH3 is 1. The number of hydrogen-bond acceptors (Lipinski definition) is 6. The Labute approximate surface area is 192 Å². The molecule has 0 aliphatic carbocycles. The van der Waals surface area contributed by atoms with Crippen molar-refractivity contribution in [3.8, 4) is 5.75 Å². The number of urea groups is 1. The number of carbonyl (C=O) groups is 2. The molecule has 3 N–H and O–H groups in total. The summed E-state index contributed by atoms with van der Waals surface area (Å²) in [4.78, 5) is 35.3. The van der Waals surface area contributed by atoms with Crippen molar-refractivity contribution in [2.45, 2.75) is 19.0 Å². The van der Waals surface area contributed by atoms with Crippen LogP contribution in [0.4, 0.5) is 16.3 Å². The molecule has 0 radical (unpaired) electrons. The van der Waals surface area contributed by atoms with Crippen LogP contribution in [-0.2, 0) is 6.54 Å². The van der Waals surface area contributed by atoms with Crippen molar-refractivity contribution in [2.24, 2.45) is 0 Å². The number of likely N-dealkylation sites (tertiary alicyclic amines) is 1.